The fourth-order valence-electron chi connectivity index (χ4n) is 9.04. The van der Waals surface area contributed by atoms with Gasteiger partial charge in [0.1, 0.15) is 29.3 Å². The van der Waals surface area contributed by atoms with Crippen molar-refractivity contribution in [3.63, 3.8) is 0 Å². The predicted molar refractivity (Wildman–Crippen MR) is 218 cm³/mol. The first kappa shape index (κ1) is 44.4. The van der Waals surface area contributed by atoms with Crippen molar-refractivity contribution < 1.29 is 55.3 Å². The van der Waals surface area contributed by atoms with E-state index in [1.54, 1.807) is 18.3 Å². The van der Waals surface area contributed by atoms with E-state index in [2.05, 4.69) is 19.9 Å². The van der Waals surface area contributed by atoms with Crippen molar-refractivity contribution in [3.8, 4) is 5.88 Å². The zero-order valence-electron chi connectivity index (χ0n) is 35.0. The third kappa shape index (κ3) is 8.47. The number of alkyl halides is 3. The number of allylic oxidation sites excluding steroid dienone is 1. The van der Waals surface area contributed by atoms with Crippen LogP contribution in [0.2, 0.25) is 0 Å². The lowest BCUT2D eigenvalue weighted by molar-refractivity contribution is -0.222. The molecule has 0 unspecified atom stereocenters. The number of aromatic nitrogens is 1. The number of benzene rings is 1. The van der Waals surface area contributed by atoms with E-state index in [9.17, 15) is 41.1 Å². The molecule has 15 nitrogen and oxygen atoms in total. The van der Waals surface area contributed by atoms with Crippen molar-refractivity contribution in [1.29, 1.82) is 0 Å². The summed E-state index contributed by atoms with van der Waals surface area (Å²) in [5.74, 6) is -4.39. The first-order chi connectivity index (χ1) is 28.6. The molecular weight excluding hydrogens is 822 g/mol. The van der Waals surface area contributed by atoms with Crippen LogP contribution in [0.25, 0.3) is 10.8 Å². The largest absolute Gasteiger partial charge is 0.472 e. The smallest absolute Gasteiger partial charge is 0.411 e. The Bertz CT molecular complexity index is 2190. The summed E-state index contributed by atoms with van der Waals surface area (Å²) in [6, 6.07) is 4.04. The Balaban J connectivity index is 1.28. The summed E-state index contributed by atoms with van der Waals surface area (Å²) in [4.78, 5) is 64.8. The highest BCUT2D eigenvalue weighted by Crippen LogP contribution is 2.48. The number of carboxylic acid groups (broad SMARTS) is 1. The molecule has 1 aromatic carbocycles. The second-order valence-electron chi connectivity index (χ2n) is 18.2. The summed E-state index contributed by atoms with van der Waals surface area (Å²) in [6.45, 7) is 8.34. The van der Waals surface area contributed by atoms with E-state index in [0.29, 0.717) is 71.2 Å². The van der Waals surface area contributed by atoms with Gasteiger partial charge in [0.25, 0.3) is 5.91 Å². The quantitative estimate of drug-likeness (QED) is 0.303. The molecule has 3 aliphatic heterocycles. The second-order valence-corrected chi connectivity index (χ2v) is 20.4. The molecular formula is C42H55F3N6O9S. The second kappa shape index (κ2) is 16.2. The van der Waals surface area contributed by atoms with Crippen LogP contribution in [0.3, 0.4) is 0 Å². The number of morpholine rings is 1. The topological polar surface area (TPSA) is 188 Å². The Kier molecular flexibility index (Phi) is 11.8. The van der Waals surface area contributed by atoms with Gasteiger partial charge in [-0.3, -0.25) is 24.0 Å². The standard InChI is InChI=1S/C42H55F3N6O9S/c1-25-10-6-7-11-27-22-41(27,37(54)48-61(57,58)40(5)14-15-40)47-34(52)31-21-28(60-35-30-13-9-8-12-29(30)32(23-46-35)49-16-18-59-19-17-49)24-50(31)36(53)33(26(2)20-25)51(38(55)56)39(3,4)42(43,44)45/h7-9,11-13,23,25-28,31,33H,6,10,14-22,24H2,1-5H3,(H,47,52)(H,48,54)(H,55,56)/t25-,26+,27+,28+,31-,33-,41+/m0/s1. The normalized spacial score (nSPS) is 29.7. The highest BCUT2D eigenvalue weighted by atomic mass is 32.2. The molecule has 2 saturated carbocycles. The third-order valence-corrected chi connectivity index (χ3v) is 15.5. The first-order valence-electron chi connectivity index (χ1n) is 20.9. The van der Waals surface area contributed by atoms with Gasteiger partial charge in [0.15, 0.2) is 0 Å². The lowest BCUT2D eigenvalue weighted by Gasteiger charge is -2.45. The van der Waals surface area contributed by atoms with Crippen molar-refractivity contribution in [2.75, 3.05) is 37.7 Å². The number of ether oxygens (including phenoxy) is 2. The minimum absolute atomic E-state index is 0.0566. The number of pyridine rings is 1. The molecule has 2 aliphatic carbocycles. The molecule has 7 atom stereocenters. The van der Waals surface area contributed by atoms with E-state index < -0.39 is 85.9 Å². The number of carbonyl (C=O) groups excluding carboxylic acids is 3. The van der Waals surface area contributed by atoms with Gasteiger partial charge in [-0.05, 0) is 77.2 Å². The summed E-state index contributed by atoms with van der Waals surface area (Å²) in [5, 5.41) is 14.7. The maximum Gasteiger partial charge on any atom is 0.411 e. The fraction of sp³-hybridized carbons (Fsp3) is 0.643. The van der Waals surface area contributed by atoms with Gasteiger partial charge < -0.3 is 29.7 Å². The Labute approximate surface area is 353 Å². The van der Waals surface area contributed by atoms with E-state index in [1.807, 2.05) is 31.2 Å². The number of fused-ring (bicyclic) bond motifs is 3. The molecule has 1 aromatic heterocycles. The fourth-order valence-corrected chi connectivity index (χ4v) is 10.4. The molecule has 0 radical (unpaired) electrons. The van der Waals surface area contributed by atoms with E-state index >= 15 is 4.79 Å². The van der Waals surface area contributed by atoms with E-state index in [4.69, 9.17) is 9.47 Å². The molecule has 7 rings (SSSR count). The molecule has 0 spiro atoms. The van der Waals surface area contributed by atoms with Crippen LogP contribution in [0.1, 0.15) is 79.6 Å². The molecule has 0 bridgehead atoms. The maximum absolute atomic E-state index is 15.1. The van der Waals surface area contributed by atoms with Gasteiger partial charge in [0.05, 0.1) is 36.4 Å². The number of halogens is 3. The Morgan fingerprint density at radius 1 is 1.08 bits per heavy atom. The average molecular weight is 877 g/mol. The molecule has 61 heavy (non-hydrogen) atoms. The summed E-state index contributed by atoms with van der Waals surface area (Å²) in [7, 11) is -4.12. The summed E-state index contributed by atoms with van der Waals surface area (Å²) in [5.41, 5.74) is -3.90. The minimum Gasteiger partial charge on any atom is -0.472 e. The molecule has 3 N–H and O–H groups in total. The van der Waals surface area contributed by atoms with Gasteiger partial charge >= 0.3 is 12.3 Å². The number of nitrogens with one attached hydrogen (secondary N) is 2. The highest BCUT2D eigenvalue weighted by Gasteiger charge is 2.64. The van der Waals surface area contributed by atoms with Crippen LogP contribution >= 0.6 is 0 Å². The van der Waals surface area contributed by atoms with E-state index in [0.717, 1.165) is 16.0 Å². The molecule has 2 aromatic rings. The van der Waals surface area contributed by atoms with Crippen LogP contribution in [0.15, 0.2) is 42.6 Å². The molecule has 4 amide bonds. The van der Waals surface area contributed by atoms with E-state index in [-0.39, 0.29) is 42.5 Å². The number of hydrogen-bond donors (Lipinski definition) is 3. The van der Waals surface area contributed by atoms with E-state index in [1.165, 1.54) is 13.8 Å². The van der Waals surface area contributed by atoms with Gasteiger partial charge in [0.2, 0.25) is 27.7 Å². The summed E-state index contributed by atoms with van der Waals surface area (Å²) >= 11 is 0. The number of amides is 4. The zero-order valence-corrected chi connectivity index (χ0v) is 35.9. The molecule has 19 heteroatoms. The van der Waals surface area contributed by atoms with Crippen LogP contribution < -0.4 is 19.7 Å². The number of hydrogen-bond acceptors (Lipinski definition) is 10. The first-order valence-corrected chi connectivity index (χ1v) is 22.4. The molecule has 5 aliphatic rings. The Morgan fingerprint density at radius 2 is 1.75 bits per heavy atom. The molecule has 4 heterocycles. The summed E-state index contributed by atoms with van der Waals surface area (Å²) < 4.78 is 83.9. The number of carbonyl (C=O) groups is 4. The summed E-state index contributed by atoms with van der Waals surface area (Å²) in [6.07, 6.45) is -1.09. The zero-order chi connectivity index (χ0) is 44.3. The predicted octanol–water partition coefficient (Wildman–Crippen LogP) is 4.99. The lowest BCUT2D eigenvalue weighted by atomic mass is 9.85. The molecule has 2 saturated heterocycles. The van der Waals surface area contributed by atoms with Crippen LogP contribution in [-0.2, 0) is 29.1 Å². The number of anilines is 1. The van der Waals surface area contributed by atoms with Crippen molar-refractivity contribution in [3.05, 3.63) is 42.6 Å². The van der Waals surface area contributed by atoms with Crippen LogP contribution in [-0.4, -0.2) is 125 Å². The van der Waals surface area contributed by atoms with Crippen molar-refractivity contribution in [2.24, 2.45) is 17.8 Å². The average Bonchev–Trinajstić information content (AvgIpc) is 4.08. The SMILES string of the molecule is C[C@H]1CCC=C[C@@H]2C[C@@]2(C(=O)NS(=O)(=O)C2(C)CC2)NC(=O)[C@@H]2C[C@@H](Oc3ncc(N4CCOCC4)c4ccccc34)CN2C(=O)[C@@H](N(C(=O)O)C(C)(C)C(F)(F)F)[C@H](C)C1. The van der Waals surface area contributed by atoms with Crippen LogP contribution in [0.4, 0.5) is 23.7 Å². The van der Waals surface area contributed by atoms with Gasteiger partial charge in [0, 0.05) is 36.2 Å². The number of nitrogens with zero attached hydrogens (tertiary/aromatic N) is 4. The molecule has 4 fully saturated rings. The number of rotatable bonds is 8. The highest BCUT2D eigenvalue weighted by molar-refractivity contribution is 7.91. The van der Waals surface area contributed by atoms with Gasteiger partial charge in [-0.2, -0.15) is 13.2 Å². The maximum atomic E-state index is 15.1. The van der Waals surface area contributed by atoms with Crippen molar-refractivity contribution in [1.82, 2.24) is 24.8 Å². The van der Waals surface area contributed by atoms with Crippen molar-refractivity contribution in [2.45, 2.75) is 120 Å². The Hall–Kier alpha value is -4.65. The minimum atomic E-state index is -5.09. The lowest BCUT2D eigenvalue weighted by Crippen LogP contribution is -2.66. The van der Waals surface area contributed by atoms with Gasteiger partial charge in [-0.1, -0.05) is 44.2 Å². The van der Waals surface area contributed by atoms with Crippen LogP contribution in [0, 0.1) is 17.8 Å². The molecule has 334 valence electrons. The monoisotopic (exact) mass is 876 g/mol. The number of sulfonamides is 1. The third-order valence-electron chi connectivity index (χ3n) is 13.4. The van der Waals surface area contributed by atoms with Gasteiger partial charge in [-0.15, -0.1) is 0 Å². The Morgan fingerprint density at radius 3 is 2.39 bits per heavy atom. The van der Waals surface area contributed by atoms with Crippen molar-refractivity contribution >= 4 is 50.3 Å². The van der Waals surface area contributed by atoms with Gasteiger partial charge in [-0.25, -0.2) is 18.2 Å². The van der Waals surface area contributed by atoms with Crippen LogP contribution in [0.5, 0.6) is 5.88 Å².